The Morgan fingerprint density at radius 3 is 2.50 bits per heavy atom. The molecule has 1 nitrogen and oxygen atoms in total. The Bertz CT molecular complexity index is 127. The summed E-state index contributed by atoms with van der Waals surface area (Å²) in [5.74, 6) is 0. The first kappa shape index (κ1) is 12.0. The van der Waals surface area contributed by atoms with Gasteiger partial charge in [0.25, 0.3) is 0 Å². The molecule has 0 N–H and O–H groups in total. The van der Waals surface area contributed by atoms with Crippen molar-refractivity contribution in [3.8, 4) is 0 Å². The Balaban J connectivity index is 2.04. The maximum Gasteiger partial charge on any atom is 0.00924 e. The zero-order valence-corrected chi connectivity index (χ0v) is 9.97. The maximum absolute atomic E-state index is 2.59. The highest BCUT2D eigenvalue weighted by Crippen LogP contribution is 2.21. The van der Waals surface area contributed by atoms with Crippen LogP contribution in [-0.2, 0) is 0 Å². The summed E-state index contributed by atoms with van der Waals surface area (Å²) in [5.41, 5.74) is 0. The van der Waals surface area contributed by atoms with Gasteiger partial charge in [0.15, 0.2) is 0 Å². The smallest absolute Gasteiger partial charge is 0.00924 e. The van der Waals surface area contributed by atoms with Crippen molar-refractivity contribution in [1.82, 2.24) is 4.90 Å². The van der Waals surface area contributed by atoms with E-state index < -0.39 is 0 Å². The third kappa shape index (κ3) is 4.45. The number of hydrogen-bond acceptors (Lipinski definition) is 1. The van der Waals surface area contributed by atoms with Crippen molar-refractivity contribution in [3.05, 3.63) is 6.42 Å². The van der Waals surface area contributed by atoms with Crippen LogP contribution in [0.5, 0.6) is 0 Å². The van der Waals surface area contributed by atoms with E-state index in [1.54, 1.807) is 0 Å². The monoisotopic (exact) mass is 196 g/mol. The minimum absolute atomic E-state index is 0.877. The highest BCUT2D eigenvalue weighted by molar-refractivity contribution is 4.81. The minimum atomic E-state index is 0.877. The van der Waals surface area contributed by atoms with Crippen LogP contribution in [0.15, 0.2) is 0 Å². The largest absolute Gasteiger partial charge is 0.303 e. The van der Waals surface area contributed by atoms with Crippen molar-refractivity contribution in [2.24, 2.45) is 0 Å². The van der Waals surface area contributed by atoms with Crippen molar-refractivity contribution in [3.63, 3.8) is 0 Å². The van der Waals surface area contributed by atoms with E-state index in [4.69, 9.17) is 0 Å². The third-order valence-electron chi connectivity index (χ3n) is 3.40. The molecule has 1 heteroatoms. The molecule has 0 heterocycles. The van der Waals surface area contributed by atoms with E-state index in [1.165, 1.54) is 57.9 Å². The standard InChI is InChI=1S/C13H26N/c1-3-4-5-9-12-14(2)13-10-7-6-8-11-13/h6,13H,3-5,7-12H2,1-2H3. The van der Waals surface area contributed by atoms with Gasteiger partial charge in [-0.15, -0.1) is 0 Å². The summed E-state index contributed by atoms with van der Waals surface area (Å²) in [6.07, 6.45) is 13.5. The van der Waals surface area contributed by atoms with E-state index >= 15 is 0 Å². The number of rotatable bonds is 6. The lowest BCUT2D eigenvalue weighted by Gasteiger charge is -2.31. The van der Waals surface area contributed by atoms with Crippen LogP contribution in [0.2, 0.25) is 0 Å². The third-order valence-corrected chi connectivity index (χ3v) is 3.40. The quantitative estimate of drug-likeness (QED) is 0.586. The van der Waals surface area contributed by atoms with Gasteiger partial charge < -0.3 is 4.90 Å². The second-order valence-corrected chi connectivity index (χ2v) is 4.64. The second-order valence-electron chi connectivity index (χ2n) is 4.64. The van der Waals surface area contributed by atoms with E-state index in [0.717, 1.165) is 6.04 Å². The normalized spacial score (nSPS) is 19.1. The predicted molar refractivity (Wildman–Crippen MR) is 63.3 cm³/mol. The molecule has 0 aromatic carbocycles. The Labute approximate surface area is 89.9 Å². The van der Waals surface area contributed by atoms with E-state index in [-0.39, 0.29) is 0 Å². The topological polar surface area (TPSA) is 3.24 Å². The maximum atomic E-state index is 2.59. The van der Waals surface area contributed by atoms with Gasteiger partial charge in [-0.05, 0) is 52.1 Å². The molecule has 0 atom stereocenters. The Kier molecular flexibility index (Phi) is 6.25. The van der Waals surface area contributed by atoms with Gasteiger partial charge in [0.1, 0.15) is 0 Å². The van der Waals surface area contributed by atoms with Crippen LogP contribution in [0.4, 0.5) is 0 Å². The molecule has 0 amide bonds. The van der Waals surface area contributed by atoms with Crippen LogP contribution in [0.3, 0.4) is 0 Å². The summed E-state index contributed by atoms with van der Waals surface area (Å²) in [6, 6.07) is 0.877. The van der Waals surface area contributed by atoms with Gasteiger partial charge in [-0.1, -0.05) is 26.2 Å². The molecule has 0 aromatic rings. The lowest BCUT2D eigenvalue weighted by Crippen LogP contribution is -2.34. The molecule has 0 unspecified atom stereocenters. The first-order valence-corrected chi connectivity index (χ1v) is 6.36. The van der Waals surface area contributed by atoms with Gasteiger partial charge in [-0.25, -0.2) is 0 Å². The van der Waals surface area contributed by atoms with Crippen molar-refractivity contribution < 1.29 is 0 Å². The molecular formula is C13H26N. The fourth-order valence-corrected chi connectivity index (χ4v) is 2.32. The summed E-state index contributed by atoms with van der Waals surface area (Å²) in [4.78, 5) is 2.59. The Morgan fingerprint density at radius 2 is 1.86 bits per heavy atom. The molecule has 1 rings (SSSR count). The average Bonchev–Trinajstić information content (AvgIpc) is 2.25. The lowest BCUT2D eigenvalue weighted by molar-refractivity contribution is 0.201. The average molecular weight is 196 g/mol. The molecule has 1 saturated carbocycles. The molecule has 0 aromatic heterocycles. The van der Waals surface area contributed by atoms with Gasteiger partial charge in [0.05, 0.1) is 0 Å². The van der Waals surface area contributed by atoms with Crippen molar-refractivity contribution >= 4 is 0 Å². The summed E-state index contributed by atoms with van der Waals surface area (Å²) >= 11 is 0. The first-order chi connectivity index (χ1) is 6.84. The molecule has 83 valence electrons. The van der Waals surface area contributed by atoms with Gasteiger partial charge in [-0.2, -0.15) is 0 Å². The van der Waals surface area contributed by atoms with E-state index in [9.17, 15) is 0 Å². The highest BCUT2D eigenvalue weighted by atomic mass is 15.1. The van der Waals surface area contributed by atoms with E-state index in [1.807, 2.05) is 0 Å². The van der Waals surface area contributed by atoms with Crippen LogP contribution >= 0.6 is 0 Å². The van der Waals surface area contributed by atoms with Gasteiger partial charge in [-0.3, -0.25) is 0 Å². The Hall–Kier alpha value is -0.0400. The summed E-state index contributed by atoms with van der Waals surface area (Å²) in [6.45, 7) is 3.59. The zero-order chi connectivity index (χ0) is 10.2. The van der Waals surface area contributed by atoms with Crippen molar-refractivity contribution in [1.29, 1.82) is 0 Å². The second kappa shape index (κ2) is 7.28. The zero-order valence-electron chi connectivity index (χ0n) is 9.97. The van der Waals surface area contributed by atoms with Crippen LogP contribution in [0.1, 0.15) is 58.3 Å². The molecule has 0 saturated heterocycles. The molecule has 1 aliphatic carbocycles. The van der Waals surface area contributed by atoms with Crippen LogP contribution < -0.4 is 0 Å². The predicted octanol–water partition coefficient (Wildman–Crippen LogP) is 3.65. The Morgan fingerprint density at radius 1 is 1.14 bits per heavy atom. The molecule has 1 fully saturated rings. The number of unbranched alkanes of at least 4 members (excludes halogenated alkanes) is 3. The molecule has 14 heavy (non-hydrogen) atoms. The molecule has 1 aliphatic rings. The first-order valence-electron chi connectivity index (χ1n) is 6.36. The number of nitrogens with zero attached hydrogens (tertiary/aromatic N) is 1. The molecule has 1 radical (unpaired) electrons. The van der Waals surface area contributed by atoms with Crippen LogP contribution in [-0.4, -0.2) is 24.5 Å². The number of hydrogen-bond donors (Lipinski definition) is 0. The highest BCUT2D eigenvalue weighted by Gasteiger charge is 2.16. The molecule has 0 aliphatic heterocycles. The molecular weight excluding hydrogens is 170 g/mol. The van der Waals surface area contributed by atoms with Crippen molar-refractivity contribution in [2.45, 2.75) is 64.3 Å². The van der Waals surface area contributed by atoms with E-state index in [0.29, 0.717) is 0 Å². The van der Waals surface area contributed by atoms with Crippen LogP contribution in [0.25, 0.3) is 0 Å². The van der Waals surface area contributed by atoms with Crippen molar-refractivity contribution in [2.75, 3.05) is 13.6 Å². The minimum Gasteiger partial charge on any atom is -0.303 e. The van der Waals surface area contributed by atoms with Gasteiger partial charge >= 0.3 is 0 Å². The van der Waals surface area contributed by atoms with E-state index in [2.05, 4.69) is 25.3 Å². The SMILES string of the molecule is CCCCCCN(C)C1CC[CH]CC1. The lowest BCUT2D eigenvalue weighted by atomic mass is 9.94. The van der Waals surface area contributed by atoms with Gasteiger partial charge in [0, 0.05) is 6.04 Å². The fourth-order valence-electron chi connectivity index (χ4n) is 2.32. The van der Waals surface area contributed by atoms with Crippen LogP contribution in [0, 0.1) is 6.42 Å². The summed E-state index contributed by atoms with van der Waals surface area (Å²) < 4.78 is 0. The molecule has 0 spiro atoms. The fraction of sp³-hybridized carbons (Fsp3) is 0.923. The molecule has 0 bridgehead atoms. The summed E-state index contributed by atoms with van der Waals surface area (Å²) in [7, 11) is 2.31. The van der Waals surface area contributed by atoms with Gasteiger partial charge in [0.2, 0.25) is 0 Å². The summed E-state index contributed by atoms with van der Waals surface area (Å²) in [5, 5.41) is 0.